The molecule has 0 aromatic carbocycles. The fraction of sp³-hybridized carbons (Fsp3) is 0.824. The van der Waals surface area contributed by atoms with Crippen molar-refractivity contribution in [2.24, 2.45) is 22.6 Å². The highest BCUT2D eigenvalue weighted by molar-refractivity contribution is 6.43. The zero-order valence-electron chi connectivity index (χ0n) is 17.2. The Balaban J connectivity index is 4.96. The molecule has 0 rings (SSSR count). The molecule has 0 heterocycles. The van der Waals surface area contributed by atoms with E-state index in [9.17, 15) is 19.6 Å². The van der Waals surface area contributed by atoms with Gasteiger partial charge in [-0.25, -0.2) is 0 Å². The van der Waals surface area contributed by atoms with Gasteiger partial charge in [0.15, 0.2) is 5.96 Å². The van der Waals surface area contributed by atoms with Crippen LogP contribution in [0, 0.1) is 11.8 Å². The molecule has 7 N–H and O–H groups in total. The van der Waals surface area contributed by atoms with E-state index in [1.54, 1.807) is 14.0 Å². The highest BCUT2D eigenvalue weighted by Crippen LogP contribution is 2.08. The average Bonchev–Trinajstić information content (AvgIpc) is 2.61. The maximum absolute atomic E-state index is 12.7. The van der Waals surface area contributed by atoms with Crippen LogP contribution < -0.4 is 21.7 Å². The minimum absolute atomic E-state index is 0.172. The lowest BCUT2D eigenvalue weighted by Gasteiger charge is -2.25. The van der Waals surface area contributed by atoms with Crippen molar-refractivity contribution in [3.8, 4) is 0 Å². The van der Waals surface area contributed by atoms with Crippen LogP contribution in [0.3, 0.4) is 0 Å². The molecule has 0 aliphatic heterocycles. The van der Waals surface area contributed by atoms with Crippen LogP contribution in [0.25, 0.3) is 0 Å². The van der Waals surface area contributed by atoms with E-state index in [0.29, 0.717) is 38.2 Å². The molecule has 0 aromatic rings. The van der Waals surface area contributed by atoms with Gasteiger partial charge in [0.25, 0.3) is 0 Å². The molecule has 0 saturated carbocycles. The summed E-state index contributed by atoms with van der Waals surface area (Å²) in [4.78, 5) is 28.7. The summed E-state index contributed by atoms with van der Waals surface area (Å²) in [6.45, 7) is 8.05. The van der Waals surface area contributed by atoms with E-state index in [2.05, 4.69) is 20.9 Å². The van der Waals surface area contributed by atoms with E-state index in [4.69, 9.17) is 5.73 Å². The Morgan fingerprint density at radius 1 is 1.15 bits per heavy atom. The van der Waals surface area contributed by atoms with Crippen LogP contribution in [-0.2, 0) is 9.59 Å². The van der Waals surface area contributed by atoms with Gasteiger partial charge >= 0.3 is 7.12 Å². The first-order valence-electron chi connectivity index (χ1n) is 9.55. The molecule has 0 saturated heterocycles. The number of carbonyl (C=O) groups excluding carboxylic acids is 2. The molecule has 0 fully saturated rings. The summed E-state index contributed by atoms with van der Waals surface area (Å²) in [5.74, 6) is -1.16. The molecule has 9 nitrogen and oxygen atoms in total. The second-order valence-electron chi connectivity index (χ2n) is 7.21. The predicted octanol–water partition coefficient (Wildman–Crippen LogP) is -0.625. The minimum atomic E-state index is -1.66. The maximum Gasteiger partial charge on any atom is 0.475 e. The van der Waals surface area contributed by atoms with Crippen molar-refractivity contribution >= 4 is 24.9 Å². The lowest BCUT2D eigenvalue weighted by Crippen LogP contribution is -2.55. The first-order valence-corrected chi connectivity index (χ1v) is 9.55. The van der Waals surface area contributed by atoms with E-state index < -0.39 is 25.0 Å². The smallest absolute Gasteiger partial charge is 0.426 e. The summed E-state index contributed by atoms with van der Waals surface area (Å²) in [5.41, 5.74) is 5.57. The first kappa shape index (κ1) is 25.2. The number of guanidine groups is 1. The molecule has 0 bridgehead atoms. The number of amides is 2. The Morgan fingerprint density at radius 3 is 2.26 bits per heavy atom. The SMILES string of the molecule is CC[C@H](C)C(=O)N[C@@H](CCCNC(N)=NC)C(=O)N[C@@H](CC(C)C)B(O)O. The van der Waals surface area contributed by atoms with E-state index >= 15 is 0 Å². The predicted molar refractivity (Wildman–Crippen MR) is 108 cm³/mol. The van der Waals surface area contributed by atoms with Crippen molar-refractivity contribution in [3.63, 3.8) is 0 Å². The van der Waals surface area contributed by atoms with Gasteiger partial charge in [-0.3, -0.25) is 14.6 Å². The summed E-state index contributed by atoms with van der Waals surface area (Å²) in [6.07, 6.45) is 2.04. The van der Waals surface area contributed by atoms with Crippen LogP contribution in [0.15, 0.2) is 4.99 Å². The van der Waals surface area contributed by atoms with Crippen molar-refractivity contribution in [1.29, 1.82) is 0 Å². The third kappa shape index (κ3) is 10.8. The Labute approximate surface area is 162 Å². The van der Waals surface area contributed by atoms with E-state index in [1.165, 1.54) is 0 Å². The van der Waals surface area contributed by atoms with Crippen molar-refractivity contribution in [2.45, 2.75) is 65.4 Å². The van der Waals surface area contributed by atoms with Crippen LogP contribution in [0.4, 0.5) is 0 Å². The number of aliphatic imine (C=N–C) groups is 1. The molecular formula is C17H36BN5O4. The van der Waals surface area contributed by atoms with E-state index in [-0.39, 0.29) is 17.7 Å². The summed E-state index contributed by atoms with van der Waals surface area (Å²) in [5, 5.41) is 27.4. The van der Waals surface area contributed by atoms with E-state index in [0.717, 1.165) is 0 Å². The van der Waals surface area contributed by atoms with Gasteiger partial charge in [0, 0.05) is 19.5 Å². The molecule has 2 amide bonds. The third-order valence-corrected chi connectivity index (χ3v) is 4.32. The molecule has 0 aliphatic rings. The number of nitrogens with two attached hydrogens (primary N) is 1. The average molecular weight is 385 g/mol. The highest BCUT2D eigenvalue weighted by atomic mass is 16.4. The molecule has 0 aliphatic carbocycles. The van der Waals surface area contributed by atoms with Crippen LogP contribution >= 0.6 is 0 Å². The molecule has 156 valence electrons. The maximum atomic E-state index is 12.7. The fourth-order valence-corrected chi connectivity index (χ4v) is 2.42. The standard InChI is InChI=1S/C17H36BN5O4/c1-6-12(4)15(24)22-13(8-7-9-21-17(19)20-5)16(25)23-14(18(26)27)10-11(2)3/h11-14,26-27H,6-10H2,1-5H3,(H,22,24)(H,23,25)(H3,19,20,21)/t12-,13-,14-/m0/s1. The van der Waals surface area contributed by atoms with Gasteiger partial charge < -0.3 is 31.7 Å². The van der Waals surface area contributed by atoms with Gasteiger partial charge in [-0.05, 0) is 31.6 Å². The molecule has 0 unspecified atom stereocenters. The first-order chi connectivity index (χ1) is 12.6. The molecule has 10 heteroatoms. The van der Waals surface area contributed by atoms with Gasteiger partial charge in [0.2, 0.25) is 11.8 Å². The summed E-state index contributed by atoms with van der Waals surface area (Å²) >= 11 is 0. The number of rotatable bonds is 12. The van der Waals surface area contributed by atoms with Crippen LogP contribution in [0.5, 0.6) is 0 Å². The monoisotopic (exact) mass is 385 g/mol. The number of nitrogens with one attached hydrogen (secondary N) is 3. The second kappa shape index (κ2) is 13.4. The minimum Gasteiger partial charge on any atom is -0.426 e. The normalized spacial score (nSPS) is 15.0. The molecule has 0 aromatic heterocycles. The summed E-state index contributed by atoms with van der Waals surface area (Å²) in [7, 11) is -0.0931. The molecular weight excluding hydrogens is 349 g/mol. The van der Waals surface area contributed by atoms with Gasteiger partial charge in [0.05, 0.1) is 5.94 Å². The lowest BCUT2D eigenvalue weighted by atomic mass is 9.75. The number of carbonyl (C=O) groups is 2. The zero-order valence-corrected chi connectivity index (χ0v) is 17.2. The van der Waals surface area contributed by atoms with Crippen LogP contribution in [0.2, 0.25) is 0 Å². The Hall–Kier alpha value is -1.81. The van der Waals surface area contributed by atoms with Gasteiger partial charge in [0.1, 0.15) is 6.04 Å². The Kier molecular flexibility index (Phi) is 12.5. The van der Waals surface area contributed by atoms with Crippen molar-refractivity contribution in [3.05, 3.63) is 0 Å². The topological polar surface area (TPSA) is 149 Å². The van der Waals surface area contributed by atoms with Crippen molar-refractivity contribution in [2.75, 3.05) is 13.6 Å². The molecule has 3 atom stereocenters. The number of nitrogens with zero attached hydrogens (tertiary/aromatic N) is 1. The fourth-order valence-electron chi connectivity index (χ4n) is 2.42. The molecule has 27 heavy (non-hydrogen) atoms. The third-order valence-electron chi connectivity index (χ3n) is 4.32. The second-order valence-corrected chi connectivity index (χ2v) is 7.21. The molecule has 0 radical (unpaired) electrons. The lowest BCUT2D eigenvalue weighted by molar-refractivity contribution is -0.131. The van der Waals surface area contributed by atoms with Crippen molar-refractivity contribution in [1.82, 2.24) is 16.0 Å². The quantitative estimate of drug-likeness (QED) is 0.114. The number of hydrogen-bond acceptors (Lipinski definition) is 5. The molecule has 0 spiro atoms. The Bertz CT molecular complexity index is 488. The van der Waals surface area contributed by atoms with E-state index in [1.807, 2.05) is 20.8 Å². The van der Waals surface area contributed by atoms with Gasteiger partial charge in [-0.1, -0.05) is 27.7 Å². The van der Waals surface area contributed by atoms with Crippen LogP contribution in [-0.4, -0.2) is 60.5 Å². The van der Waals surface area contributed by atoms with Gasteiger partial charge in [-0.15, -0.1) is 0 Å². The Morgan fingerprint density at radius 2 is 1.78 bits per heavy atom. The zero-order chi connectivity index (χ0) is 21.0. The number of hydrogen-bond donors (Lipinski definition) is 6. The summed E-state index contributed by atoms with van der Waals surface area (Å²) < 4.78 is 0. The van der Waals surface area contributed by atoms with Crippen molar-refractivity contribution < 1.29 is 19.6 Å². The summed E-state index contributed by atoms with van der Waals surface area (Å²) in [6, 6.07) is -0.762. The van der Waals surface area contributed by atoms with Crippen LogP contribution in [0.1, 0.15) is 53.4 Å². The van der Waals surface area contributed by atoms with Gasteiger partial charge in [-0.2, -0.15) is 0 Å². The highest BCUT2D eigenvalue weighted by Gasteiger charge is 2.30. The largest absolute Gasteiger partial charge is 0.475 e.